The molecule has 0 amide bonds. The number of nitrogens with one attached hydrogen (secondary N) is 1. The van der Waals surface area contributed by atoms with Gasteiger partial charge in [0.1, 0.15) is 0 Å². The number of nitrogen functional groups attached to an aromatic ring is 1. The standard InChI is InChI=1S/C21H24N6O/c22-20-24-12-15(13-25-20)14-5-7-16(8-6-14)21(9-3-10-21)19-26-18(28-27-19)17-4-1-2-11-23-17/h5-8,12-13,17,23H,1-4,9-11H2,(H2,22,24,25)/t17-/m0/s1. The van der Waals surface area contributed by atoms with Crippen LogP contribution in [0.3, 0.4) is 0 Å². The van der Waals surface area contributed by atoms with Crippen molar-refractivity contribution in [3.63, 3.8) is 0 Å². The van der Waals surface area contributed by atoms with Crippen molar-refractivity contribution >= 4 is 5.95 Å². The highest BCUT2D eigenvalue weighted by molar-refractivity contribution is 5.62. The minimum absolute atomic E-state index is 0.132. The molecular formula is C21H24N6O. The van der Waals surface area contributed by atoms with Crippen LogP contribution in [0.5, 0.6) is 0 Å². The van der Waals surface area contributed by atoms with E-state index in [2.05, 4.69) is 44.7 Å². The molecule has 3 heterocycles. The Morgan fingerprint density at radius 3 is 2.43 bits per heavy atom. The van der Waals surface area contributed by atoms with E-state index in [0.29, 0.717) is 0 Å². The number of aromatic nitrogens is 4. The molecule has 0 spiro atoms. The molecule has 1 aliphatic heterocycles. The van der Waals surface area contributed by atoms with Gasteiger partial charge in [-0.05, 0) is 43.4 Å². The lowest BCUT2D eigenvalue weighted by Crippen LogP contribution is -2.36. The van der Waals surface area contributed by atoms with E-state index in [4.69, 9.17) is 15.2 Å². The van der Waals surface area contributed by atoms with Crippen molar-refractivity contribution in [2.24, 2.45) is 0 Å². The molecular weight excluding hydrogens is 352 g/mol. The Hall–Kier alpha value is -2.80. The number of benzene rings is 1. The molecule has 0 bridgehead atoms. The smallest absolute Gasteiger partial charge is 0.243 e. The van der Waals surface area contributed by atoms with Crippen molar-refractivity contribution < 1.29 is 4.52 Å². The van der Waals surface area contributed by atoms with Crippen molar-refractivity contribution in [3.05, 3.63) is 53.9 Å². The Bertz CT molecular complexity index is 940. The minimum atomic E-state index is -0.132. The normalized spacial score (nSPS) is 21.2. The summed E-state index contributed by atoms with van der Waals surface area (Å²) in [7, 11) is 0. The first-order chi connectivity index (χ1) is 13.7. The SMILES string of the molecule is Nc1ncc(-c2ccc(C3(c4noc([C@@H]5CCCCN5)n4)CCC3)cc2)cn1. The molecule has 28 heavy (non-hydrogen) atoms. The molecule has 3 N–H and O–H groups in total. The molecule has 144 valence electrons. The summed E-state index contributed by atoms with van der Waals surface area (Å²) in [5, 5.41) is 7.88. The van der Waals surface area contributed by atoms with Crippen molar-refractivity contribution in [1.29, 1.82) is 0 Å². The summed E-state index contributed by atoms with van der Waals surface area (Å²) in [6.45, 7) is 1.02. The van der Waals surface area contributed by atoms with E-state index >= 15 is 0 Å². The summed E-state index contributed by atoms with van der Waals surface area (Å²) in [6, 6.07) is 8.74. The highest BCUT2D eigenvalue weighted by atomic mass is 16.5. The minimum Gasteiger partial charge on any atom is -0.368 e. The molecule has 5 rings (SSSR count). The number of piperidine rings is 1. The van der Waals surface area contributed by atoms with Gasteiger partial charge in [-0.25, -0.2) is 9.97 Å². The van der Waals surface area contributed by atoms with Gasteiger partial charge in [-0.1, -0.05) is 42.3 Å². The number of anilines is 1. The molecule has 0 unspecified atom stereocenters. The summed E-state index contributed by atoms with van der Waals surface area (Å²) in [4.78, 5) is 13.0. The second-order valence-electron chi connectivity index (χ2n) is 7.80. The Morgan fingerprint density at radius 1 is 1.00 bits per heavy atom. The zero-order chi connectivity index (χ0) is 19.0. The van der Waals surface area contributed by atoms with Crippen LogP contribution in [0.25, 0.3) is 11.1 Å². The lowest BCUT2D eigenvalue weighted by atomic mass is 9.64. The zero-order valence-corrected chi connectivity index (χ0v) is 15.8. The summed E-state index contributed by atoms with van der Waals surface area (Å²) in [6.07, 6.45) is 10.3. The second-order valence-corrected chi connectivity index (χ2v) is 7.80. The van der Waals surface area contributed by atoms with Gasteiger partial charge in [-0.15, -0.1) is 0 Å². The van der Waals surface area contributed by atoms with Gasteiger partial charge in [-0.3, -0.25) is 0 Å². The maximum Gasteiger partial charge on any atom is 0.243 e. The van der Waals surface area contributed by atoms with Gasteiger partial charge in [0.05, 0.1) is 11.5 Å². The van der Waals surface area contributed by atoms with Crippen molar-refractivity contribution in [3.8, 4) is 11.1 Å². The van der Waals surface area contributed by atoms with Crippen LogP contribution in [-0.4, -0.2) is 26.7 Å². The van der Waals surface area contributed by atoms with Crippen LogP contribution in [0.15, 0.2) is 41.2 Å². The van der Waals surface area contributed by atoms with Gasteiger partial charge in [-0.2, -0.15) is 4.98 Å². The van der Waals surface area contributed by atoms with Crippen LogP contribution in [0.2, 0.25) is 0 Å². The molecule has 2 aliphatic rings. The fraction of sp³-hybridized carbons (Fsp3) is 0.429. The summed E-state index contributed by atoms with van der Waals surface area (Å²) < 4.78 is 5.66. The topological polar surface area (TPSA) is 103 Å². The first-order valence-electron chi connectivity index (χ1n) is 10.0. The quantitative estimate of drug-likeness (QED) is 0.719. The number of hydrogen-bond donors (Lipinski definition) is 2. The molecule has 1 atom stereocenters. The predicted octanol–water partition coefficient (Wildman–Crippen LogP) is 3.39. The molecule has 2 fully saturated rings. The lowest BCUT2D eigenvalue weighted by Gasteiger charge is -2.39. The largest absolute Gasteiger partial charge is 0.368 e. The molecule has 1 saturated carbocycles. The van der Waals surface area contributed by atoms with Gasteiger partial charge < -0.3 is 15.6 Å². The van der Waals surface area contributed by atoms with Crippen LogP contribution in [-0.2, 0) is 5.41 Å². The molecule has 7 nitrogen and oxygen atoms in total. The van der Waals surface area contributed by atoms with Crippen molar-refractivity contribution in [1.82, 2.24) is 25.4 Å². The molecule has 1 aliphatic carbocycles. The van der Waals surface area contributed by atoms with Crippen LogP contribution in [0.1, 0.15) is 61.8 Å². The van der Waals surface area contributed by atoms with E-state index < -0.39 is 0 Å². The predicted molar refractivity (Wildman–Crippen MR) is 105 cm³/mol. The molecule has 2 aromatic heterocycles. The summed E-state index contributed by atoms with van der Waals surface area (Å²) >= 11 is 0. The Morgan fingerprint density at radius 2 is 1.79 bits per heavy atom. The van der Waals surface area contributed by atoms with Crippen molar-refractivity contribution in [2.45, 2.75) is 50.0 Å². The van der Waals surface area contributed by atoms with Crippen LogP contribution >= 0.6 is 0 Å². The van der Waals surface area contributed by atoms with Crippen LogP contribution < -0.4 is 11.1 Å². The molecule has 3 aromatic rings. The average Bonchev–Trinajstić information content (AvgIpc) is 3.19. The summed E-state index contributed by atoms with van der Waals surface area (Å²) in [5.41, 5.74) is 8.71. The number of hydrogen-bond acceptors (Lipinski definition) is 7. The van der Waals surface area contributed by atoms with E-state index in [-0.39, 0.29) is 17.4 Å². The third-order valence-electron chi connectivity index (χ3n) is 6.13. The maximum atomic E-state index is 5.66. The van der Waals surface area contributed by atoms with Gasteiger partial charge in [0, 0.05) is 18.0 Å². The molecule has 7 heteroatoms. The van der Waals surface area contributed by atoms with E-state index in [0.717, 1.165) is 48.6 Å². The van der Waals surface area contributed by atoms with Gasteiger partial charge in [0.25, 0.3) is 0 Å². The molecule has 0 radical (unpaired) electrons. The van der Waals surface area contributed by atoms with Crippen molar-refractivity contribution in [2.75, 3.05) is 12.3 Å². The fourth-order valence-electron chi connectivity index (χ4n) is 4.27. The summed E-state index contributed by atoms with van der Waals surface area (Å²) in [5.74, 6) is 1.84. The molecule has 1 saturated heterocycles. The van der Waals surface area contributed by atoms with Gasteiger partial charge in [0.2, 0.25) is 11.8 Å². The highest BCUT2D eigenvalue weighted by Crippen LogP contribution is 2.48. The van der Waals surface area contributed by atoms with E-state index in [1.54, 1.807) is 12.4 Å². The first kappa shape index (κ1) is 17.3. The third-order valence-corrected chi connectivity index (χ3v) is 6.13. The third kappa shape index (κ3) is 2.96. The number of nitrogens with zero attached hydrogens (tertiary/aromatic N) is 4. The Balaban J connectivity index is 1.42. The van der Waals surface area contributed by atoms with E-state index in [1.807, 2.05) is 0 Å². The van der Waals surface area contributed by atoms with Crippen LogP contribution in [0, 0.1) is 0 Å². The second kappa shape index (κ2) is 6.98. The Labute approximate surface area is 163 Å². The van der Waals surface area contributed by atoms with Crippen LogP contribution in [0.4, 0.5) is 5.95 Å². The average molecular weight is 376 g/mol. The number of nitrogens with two attached hydrogens (primary N) is 1. The monoisotopic (exact) mass is 376 g/mol. The maximum absolute atomic E-state index is 5.66. The lowest BCUT2D eigenvalue weighted by molar-refractivity contribution is 0.264. The van der Waals surface area contributed by atoms with Gasteiger partial charge >= 0.3 is 0 Å². The fourth-order valence-corrected chi connectivity index (χ4v) is 4.27. The Kier molecular flexibility index (Phi) is 4.31. The molecule has 1 aromatic carbocycles. The van der Waals surface area contributed by atoms with Gasteiger partial charge in [0.15, 0.2) is 5.82 Å². The zero-order valence-electron chi connectivity index (χ0n) is 15.8. The first-order valence-corrected chi connectivity index (χ1v) is 10.0. The number of rotatable bonds is 4. The van der Waals surface area contributed by atoms with E-state index in [9.17, 15) is 0 Å². The van der Waals surface area contributed by atoms with E-state index in [1.165, 1.54) is 24.8 Å². The highest BCUT2D eigenvalue weighted by Gasteiger charge is 2.44.